The Hall–Kier alpha value is -3.62. The molecule has 8 heteroatoms. The highest BCUT2D eigenvalue weighted by atomic mass is 19.1. The summed E-state index contributed by atoms with van der Waals surface area (Å²) >= 11 is 0. The maximum absolute atomic E-state index is 14.1. The third kappa shape index (κ3) is 10.2. The number of hydrogen-bond donors (Lipinski definition) is 2. The molecule has 0 heterocycles. The van der Waals surface area contributed by atoms with Gasteiger partial charge in [-0.1, -0.05) is 52.0 Å². The molecule has 2 atom stereocenters. The van der Waals surface area contributed by atoms with Crippen LogP contribution in [0.3, 0.4) is 0 Å². The summed E-state index contributed by atoms with van der Waals surface area (Å²) in [5.74, 6) is -1.46. The molecule has 0 aliphatic rings. The topological polar surface area (TPSA) is 86.9 Å². The fourth-order valence-corrected chi connectivity index (χ4v) is 5.51. The summed E-state index contributed by atoms with van der Waals surface area (Å²) in [4.78, 5) is 30.9. The molecular formula is C36H47F2N3O3. The number of aliphatic hydroxyl groups excluding tert-OH is 1. The van der Waals surface area contributed by atoms with Crippen molar-refractivity contribution in [2.45, 2.75) is 79.0 Å². The van der Waals surface area contributed by atoms with Crippen LogP contribution in [0.2, 0.25) is 0 Å². The second-order valence-electron chi connectivity index (χ2n) is 12.2. The van der Waals surface area contributed by atoms with E-state index in [2.05, 4.69) is 26.0 Å². The van der Waals surface area contributed by atoms with Crippen LogP contribution in [0.5, 0.6) is 0 Å². The average molecular weight is 608 g/mol. The van der Waals surface area contributed by atoms with Gasteiger partial charge in [-0.2, -0.15) is 0 Å². The van der Waals surface area contributed by atoms with Crippen LogP contribution in [0.4, 0.5) is 8.78 Å². The van der Waals surface area contributed by atoms with Gasteiger partial charge in [0.15, 0.2) is 0 Å². The van der Waals surface area contributed by atoms with E-state index in [1.807, 2.05) is 32.9 Å². The van der Waals surface area contributed by atoms with Crippen molar-refractivity contribution in [3.8, 4) is 0 Å². The Labute approximate surface area is 260 Å². The van der Waals surface area contributed by atoms with Crippen LogP contribution < -0.4 is 5.73 Å². The highest BCUT2D eigenvalue weighted by Gasteiger charge is 2.25. The number of hydrogen-bond acceptors (Lipinski definition) is 4. The molecule has 0 saturated heterocycles. The number of halogens is 2. The lowest BCUT2D eigenvalue weighted by atomic mass is 9.99. The Morgan fingerprint density at radius 2 is 1.36 bits per heavy atom. The van der Waals surface area contributed by atoms with E-state index < -0.39 is 23.8 Å². The van der Waals surface area contributed by atoms with Crippen LogP contribution in [-0.2, 0) is 19.4 Å². The number of benzene rings is 3. The molecule has 3 aromatic carbocycles. The van der Waals surface area contributed by atoms with Crippen molar-refractivity contribution in [2.24, 2.45) is 11.7 Å². The van der Waals surface area contributed by atoms with Crippen molar-refractivity contribution in [1.82, 2.24) is 9.80 Å². The molecule has 0 radical (unpaired) electrons. The zero-order valence-corrected chi connectivity index (χ0v) is 26.7. The van der Waals surface area contributed by atoms with E-state index in [9.17, 15) is 23.5 Å². The fraction of sp³-hybridized carbons (Fsp3) is 0.444. The molecule has 2 amide bonds. The first-order valence-electron chi connectivity index (χ1n) is 15.6. The lowest BCUT2D eigenvalue weighted by Crippen LogP contribution is -2.46. The van der Waals surface area contributed by atoms with Crippen LogP contribution in [0.15, 0.2) is 60.7 Å². The number of aryl methyl sites for hydroxylation is 1. The van der Waals surface area contributed by atoms with Gasteiger partial charge < -0.3 is 20.6 Å². The molecule has 3 rings (SSSR count). The number of carbonyl (C=O) groups is 2. The summed E-state index contributed by atoms with van der Waals surface area (Å²) in [6, 6.07) is 15.4. The summed E-state index contributed by atoms with van der Waals surface area (Å²) in [5.41, 5.74) is 10.2. The summed E-state index contributed by atoms with van der Waals surface area (Å²) in [7, 11) is 0. The largest absolute Gasteiger partial charge is 0.390 e. The van der Waals surface area contributed by atoms with Crippen molar-refractivity contribution < 1.29 is 23.5 Å². The fourth-order valence-electron chi connectivity index (χ4n) is 5.51. The lowest BCUT2D eigenvalue weighted by Gasteiger charge is -2.29. The normalized spacial score (nSPS) is 12.7. The van der Waals surface area contributed by atoms with E-state index in [4.69, 9.17) is 5.73 Å². The maximum Gasteiger partial charge on any atom is 0.254 e. The van der Waals surface area contributed by atoms with Gasteiger partial charge in [0.1, 0.15) is 11.6 Å². The minimum atomic E-state index is -1.18. The number of carbonyl (C=O) groups excluding carboxylic acids is 2. The third-order valence-electron chi connectivity index (χ3n) is 7.44. The first-order valence-corrected chi connectivity index (χ1v) is 15.6. The monoisotopic (exact) mass is 607 g/mol. The summed E-state index contributed by atoms with van der Waals surface area (Å²) in [6.07, 6.45) is 1.38. The number of aliphatic hydroxyl groups is 1. The van der Waals surface area contributed by atoms with Crippen LogP contribution in [0.25, 0.3) is 0 Å². The van der Waals surface area contributed by atoms with E-state index in [1.54, 1.807) is 23.1 Å². The number of amides is 2. The molecule has 3 aromatic rings. The summed E-state index contributed by atoms with van der Waals surface area (Å²) in [5, 5.41) is 11.2. The predicted octanol–water partition coefficient (Wildman–Crippen LogP) is 6.31. The molecule has 238 valence electrons. The Kier molecular flexibility index (Phi) is 13.0. The maximum atomic E-state index is 14.1. The van der Waals surface area contributed by atoms with Gasteiger partial charge >= 0.3 is 0 Å². The minimum absolute atomic E-state index is 0.0234. The molecule has 44 heavy (non-hydrogen) atoms. The summed E-state index contributed by atoms with van der Waals surface area (Å²) < 4.78 is 27.5. The molecule has 3 N–H and O–H groups in total. The quantitative estimate of drug-likeness (QED) is 0.212. The molecule has 6 nitrogen and oxygen atoms in total. The Morgan fingerprint density at radius 1 is 0.795 bits per heavy atom. The third-order valence-corrected chi connectivity index (χ3v) is 7.44. The zero-order chi connectivity index (χ0) is 32.4. The first-order chi connectivity index (χ1) is 20.9. The first kappa shape index (κ1) is 34.9. The van der Waals surface area contributed by atoms with Crippen LogP contribution in [-0.4, -0.2) is 58.5 Å². The van der Waals surface area contributed by atoms with Gasteiger partial charge in [0.2, 0.25) is 0 Å². The minimum Gasteiger partial charge on any atom is -0.390 e. The molecule has 0 fully saturated rings. The molecule has 0 aromatic heterocycles. The smallest absolute Gasteiger partial charge is 0.254 e. The van der Waals surface area contributed by atoms with Crippen molar-refractivity contribution in [1.29, 1.82) is 0 Å². The van der Waals surface area contributed by atoms with E-state index in [0.29, 0.717) is 35.7 Å². The second-order valence-corrected chi connectivity index (χ2v) is 12.2. The Morgan fingerprint density at radius 3 is 1.93 bits per heavy atom. The van der Waals surface area contributed by atoms with Crippen LogP contribution >= 0.6 is 0 Å². The van der Waals surface area contributed by atoms with E-state index >= 15 is 0 Å². The van der Waals surface area contributed by atoms with Gasteiger partial charge in [-0.3, -0.25) is 9.59 Å². The highest BCUT2D eigenvalue weighted by Crippen LogP contribution is 2.19. The average Bonchev–Trinajstić information content (AvgIpc) is 2.94. The Bertz CT molecular complexity index is 1380. The van der Waals surface area contributed by atoms with E-state index in [0.717, 1.165) is 42.0 Å². The summed E-state index contributed by atoms with van der Waals surface area (Å²) in [6.45, 7) is 11.5. The number of nitrogens with zero attached hydrogens (tertiary/aromatic N) is 2. The lowest BCUT2D eigenvalue weighted by molar-refractivity contribution is 0.0554. The molecule has 0 spiro atoms. The van der Waals surface area contributed by atoms with E-state index in [-0.39, 0.29) is 31.3 Å². The number of rotatable bonds is 15. The van der Waals surface area contributed by atoms with Crippen molar-refractivity contribution in [3.05, 3.63) is 106 Å². The standard InChI is InChI=1S/C36H47F2N3O3/c1-6-11-40(12-7-2)35(43)29-14-25(5)15-30(20-29)36(44)41(22-27-10-8-9-26(16-27)13-24(3)4)23-34(42)33(39)19-28-17-31(37)21-32(38)18-28/h8-10,14-18,20-21,24,33-34,42H,6-7,11-13,19,22-23,39H2,1-5H3/t33-,34+/m0/s1. The molecule has 0 aliphatic heterocycles. The molecule has 0 aliphatic carbocycles. The van der Waals surface area contributed by atoms with Gasteiger partial charge in [-0.15, -0.1) is 0 Å². The molecule has 0 bridgehead atoms. The molecule has 0 saturated carbocycles. The molecular weight excluding hydrogens is 560 g/mol. The van der Waals surface area contributed by atoms with Crippen LogP contribution in [0, 0.1) is 24.5 Å². The van der Waals surface area contributed by atoms with Crippen LogP contribution in [0.1, 0.15) is 83.5 Å². The van der Waals surface area contributed by atoms with Gasteiger partial charge in [-0.25, -0.2) is 8.78 Å². The van der Waals surface area contributed by atoms with Gasteiger partial charge in [0.05, 0.1) is 6.10 Å². The van der Waals surface area contributed by atoms with Gasteiger partial charge in [-0.05, 0) is 91.1 Å². The molecule has 0 unspecified atom stereocenters. The van der Waals surface area contributed by atoms with Crippen molar-refractivity contribution in [2.75, 3.05) is 19.6 Å². The number of nitrogens with two attached hydrogens (primary N) is 1. The second kappa shape index (κ2) is 16.5. The predicted molar refractivity (Wildman–Crippen MR) is 171 cm³/mol. The highest BCUT2D eigenvalue weighted by molar-refractivity contribution is 6.00. The SMILES string of the molecule is CCCN(CCC)C(=O)c1cc(C)cc(C(=O)N(Cc2cccc(CC(C)C)c2)C[C@@H](O)[C@@H](N)Cc2cc(F)cc(F)c2)c1. The van der Waals surface area contributed by atoms with Gasteiger partial charge in [0, 0.05) is 49.4 Å². The zero-order valence-electron chi connectivity index (χ0n) is 26.7. The van der Waals surface area contributed by atoms with Crippen molar-refractivity contribution >= 4 is 11.8 Å². The Balaban J connectivity index is 1.93. The van der Waals surface area contributed by atoms with Crippen molar-refractivity contribution in [3.63, 3.8) is 0 Å². The van der Waals surface area contributed by atoms with E-state index in [1.165, 1.54) is 17.0 Å². The van der Waals surface area contributed by atoms with Gasteiger partial charge in [0.25, 0.3) is 11.8 Å².